The van der Waals surface area contributed by atoms with Crippen molar-refractivity contribution in [2.75, 3.05) is 6.61 Å². The molecule has 23 heavy (non-hydrogen) atoms. The molecule has 1 aromatic carbocycles. The fraction of sp³-hybridized carbons (Fsp3) is 0.176. The number of nitriles is 2. The average Bonchev–Trinajstić information content (AvgIpc) is 2.55. The number of hydrogen-bond donors (Lipinski definition) is 0. The van der Waals surface area contributed by atoms with E-state index in [-0.39, 0.29) is 27.1 Å². The number of aromatic nitrogens is 1. The molecule has 1 heterocycles. The van der Waals surface area contributed by atoms with E-state index in [0.717, 1.165) is 11.8 Å². The number of hydrogen-bond acceptors (Lipinski definition) is 6. The highest BCUT2D eigenvalue weighted by Gasteiger charge is 2.23. The molecule has 0 aliphatic rings. The fourth-order valence-electron chi connectivity index (χ4n) is 2.09. The molecule has 2 rings (SSSR count). The first-order chi connectivity index (χ1) is 11.1. The minimum atomic E-state index is -0.194. The van der Waals surface area contributed by atoms with E-state index < -0.39 is 0 Å². The highest BCUT2D eigenvalue weighted by Crippen LogP contribution is 2.37. The second-order valence-corrected chi connectivity index (χ2v) is 5.63. The molecule has 0 unspecified atom stereocenters. The molecular formula is C17H13N3O2S. The van der Waals surface area contributed by atoms with E-state index in [4.69, 9.17) is 4.74 Å². The van der Waals surface area contributed by atoms with Crippen LogP contribution >= 0.6 is 11.8 Å². The third-order valence-corrected chi connectivity index (χ3v) is 3.71. The summed E-state index contributed by atoms with van der Waals surface area (Å²) in [5.41, 5.74) is 1.55. The van der Waals surface area contributed by atoms with Crippen molar-refractivity contribution < 1.29 is 9.53 Å². The number of nitrogens with zero attached hydrogens (tertiary/aromatic N) is 3. The van der Waals surface area contributed by atoms with E-state index in [1.54, 1.807) is 19.1 Å². The van der Waals surface area contributed by atoms with Gasteiger partial charge in [-0.25, -0.2) is 4.98 Å². The molecule has 0 N–H and O–H groups in total. The van der Waals surface area contributed by atoms with Gasteiger partial charge in [0.15, 0.2) is 5.12 Å². The lowest BCUT2D eigenvalue weighted by atomic mass is 9.97. The third-order valence-electron chi connectivity index (χ3n) is 2.94. The van der Waals surface area contributed by atoms with Crippen molar-refractivity contribution in [3.63, 3.8) is 0 Å². The van der Waals surface area contributed by atoms with Gasteiger partial charge in [-0.15, -0.1) is 0 Å². The molecule has 0 bridgehead atoms. The topological polar surface area (TPSA) is 86.8 Å². The minimum absolute atomic E-state index is 0.136. The van der Waals surface area contributed by atoms with Crippen LogP contribution in [0.4, 0.5) is 0 Å². The Hall–Kier alpha value is -2.83. The number of pyridine rings is 1. The summed E-state index contributed by atoms with van der Waals surface area (Å²) in [5.74, 6) is 0.136. The van der Waals surface area contributed by atoms with E-state index >= 15 is 0 Å². The van der Waals surface area contributed by atoms with Crippen molar-refractivity contribution >= 4 is 16.9 Å². The van der Waals surface area contributed by atoms with Crippen molar-refractivity contribution in [2.24, 2.45) is 0 Å². The molecule has 0 aliphatic carbocycles. The average molecular weight is 323 g/mol. The number of carbonyl (C=O) groups is 1. The lowest BCUT2D eigenvalue weighted by molar-refractivity contribution is -0.109. The molecule has 2 aromatic rings. The van der Waals surface area contributed by atoms with Crippen LogP contribution in [0, 0.1) is 22.7 Å². The van der Waals surface area contributed by atoms with Gasteiger partial charge in [0, 0.05) is 12.5 Å². The van der Waals surface area contributed by atoms with Crippen LogP contribution in [-0.4, -0.2) is 16.7 Å². The van der Waals surface area contributed by atoms with Crippen molar-refractivity contribution in [1.29, 1.82) is 10.5 Å². The lowest BCUT2D eigenvalue weighted by Gasteiger charge is -2.14. The predicted molar refractivity (Wildman–Crippen MR) is 86.8 cm³/mol. The Kier molecular flexibility index (Phi) is 5.35. The van der Waals surface area contributed by atoms with Crippen molar-refractivity contribution in [3.05, 3.63) is 41.5 Å². The minimum Gasteiger partial charge on any atom is -0.477 e. The summed E-state index contributed by atoms with van der Waals surface area (Å²) in [6.07, 6.45) is 0. The van der Waals surface area contributed by atoms with Gasteiger partial charge in [0.25, 0.3) is 0 Å². The van der Waals surface area contributed by atoms with E-state index in [1.807, 2.05) is 18.2 Å². The van der Waals surface area contributed by atoms with Crippen molar-refractivity contribution in [1.82, 2.24) is 4.98 Å². The second-order valence-electron chi connectivity index (χ2n) is 4.46. The zero-order valence-corrected chi connectivity index (χ0v) is 13.5. The van der Waals surface area contributed by atoms with E-state index in [0.29, 0.717) is 17.7 Å². The molecule has 1 aromatic heterocycles. The molecule has 114 valence electrons. The maximum atomic E-state index is 11.5. The highest BCUT2D eigenvalue weighted by molar-refractivity contribution is 8.13. The number of ether oxygens (including phenoxy) is 1. The molecule has 0 atom stereocenters. The van der Waals surface area contributed by atoms with Gasteiger partial charge in [0.2, 0.25) is 5.88 Å². The standard InChI is InChI=1S/C17H13N3O2S/c1-3-22-16-13(9-18)15(12-7-5-4-6-8-12)14(10-19)17(20-16)23-11(2)21/h4-8H,3H2,1-2H3. The zero-order chi connectivity index (χ0) is 16.8. The maximum absolute atomic E-state index is 11.5. The summed E-state index contributed by atoms with van der Waals surface area (Å²) in [7, 11) is 0. The number of thioether (sulfide) groups is 1. The van der Waals surface area contributed by atoms with Crippen LogP contribution in [0.25, 0.3) is 11.1 Å². The molecule has 0 saturated carbocycles. The lowest BCUT2D eigenvalue weighted by Crippen LogP contribution is -2.04. The van der Waals surface area contributed by atoms with Crippen LogP contribution < -0.4 is 4.74 Å². The summed E-state index contributed by atoms with van der Waals surface area (Å²) in [5, 5.41) is 19.1. The van der Waals surface area contributed by atoms with E-state index in [1.165, 1.54) is 6.92 Å². The molecule has 0 aliphatic heterocycles. The van der Waals surface area contributed by atoms with Crippen molar-refractivity contribution in [3.8, 4) is 29.1 Å². The molecule has 5 nitrogen and oxygen atoms in total. The van der Waals surface area contributed by atoms with E-state index in [9.17, 15) is 15.3 Å². The molecule has 0 radical (unpaired) electrons. The second kappa shape index (κ2) is 7.44. The smallest absolute Gasteiger partial charge is 0.233 e. The maximum Gasteiger partial charge on any atom is 0.233 e. The largest absolute Gasteiger partial charge is 0.477 e. The summed E-state index contributed by atoms with van der Waals surface area (Å²) >= 11 is 0.856. The monoisotopic (exact) mass is 323 g/mol. The van der Waals surface area contributed by atoms with Crippen LogP contribution in [-0.2, 0) is 4.79 Å². The van der Waals surface area contributed by atoms with Gasteiger partial charge < -0.3 is 4.74 Å². The molecule has 0 spiro atoms. The van der Waals surface area contributed by atoms with Gasteiger partial charge in [0.05, 0.1) is 12.2 Å². The van der Waals surface area contributed by atoms with Gasteiger partial charge in [-0.3, -0.25) is 4.79 Å². The Balaban J connectivity index is 2.84. The number of rotatable bonds is 4. The van der Waals surface area contributed by atoms with Crippen LogP contribution in [0.3, 0.4) is 0 Å². The fourth-order valence-corrected chi connectivity index (χ4v) is 2.75. The molecule has 0 fully saturated rings. The molecule has 6 heteroatoms. The van der Waals surface area contributed by atoms with Crippen LogP contribution in [0.2, 0.25) is 0 Å². The SMILES string of the molecule is CCOc1nc(SC(C)=O)c(C#N)c(-c2ccccc2)c1C#N. The molecule has 0 amide bonds. The summed E-state index contributed by atoms with van der Waals surface area (Å²) in [6, 6.07) is 13.2. The zero-order valence-electron chi connectivity index (χ0n) is 12.7. The quantitative estimate of drug-likeness (QED) is 0.800. The van der Waals surface area contributed by atoms with Gasteiger partial charge in [-0.1, -0.05) is 30.3 Å². The summed E-state index contributed by atoms with van der Waals surface area (Å²) < 4.78 is 5.44. The number of carbonyl (C=O) groups excluding carboxylic acids is 1. The van der Waals surface area contributed by atoms with Crippen LogP contribution in [0.1, 0.15) is 25.0 Å². The normalized spacial score (nSPS) is 9.74. The third kappa shape index (κ3) is 3.50. The first-order valence-corrected chi connectivity index (χ1v) is 7.68. The van der Waals surface area contributed by atoms with Gasteiger partial charge >= 0.3 is 0 Å². The predicted octanol–water partition coefficient (Wildman–Crippen LogP) is 3.53. The van der Waals surface area contributed by atoms with Gasteiger partial charge in [-0.2, -0.15) is 10.5 Å². The molecular weight excluding hydrogens is 310 g/mol. The first-order valence-electron chi connectivity index (χ1n) is 6.87. The Morgan fingerprint density at radius 2 is 1.87 bits per heavy atom. The van der Waals surface area contributed by atoms with Crippen molar-refractivity contribution in [2.45, 2.75) is 18.9 Å². The number of benzene rings is 1. The van der Waals surface area contributed by atoms with E-state index in [2.05, 4.69) is 17.1 Å². The highest BCUT2D eigenvalue weighted by atomic mass is 32.2. The Morgan fingerprint density at radius 1 is 1.22 bits per heavy atom. The Bertz CT molecular complexity index is 820. The Labute approximate surface area is 138 Å². The van der Waals surface area contributed by atoms with Crippen LogP contribution in [0.15, 0.2) is 35.4 Å². The van der Waals surface area contributed by atoms with Gasteiger partial charge in [-0.05, 0) is 24.2 Å². The molecule has 0 saturated heterocycles. The Morgan fingerprint density at radius 3 is 2.39 bits per heavy atom. The first kappa shape index (κ1) is 16.5. The summed E-state index contributed by atoms with van der Waals surface area (Å²) in [4.78, 5) is 15.7. The van der Waals surface area contributed by atoms with Crippen LogP contribution in [0.5, 0.6) is 5.88 Å². The summed E-state index contributed by atoms with van der Waals surface area (Å²) in [6.45, 7) is 3.50. The van der Waals surface area contributed by atoms with Gasteiger partial charge in [0.1, 0.15) is 22.7 Å².